The Bertz CT molecular complexity index is 1030. The molecule has 2 unspecified atom stereocenters. The van der Waals surface area contributed by atoms with Crippen molar-refractivity contribution < 1.29 is 23.5 Å². The van der Waals surface area contributed by atoms with Crippen molar-refractivity contribution in [2.24, 2.45) is 11.8 Å². The maximum absolute atomic E-state index is 12.3. The van der Waals surface area contributed by atoms with Crippen molar-refractivity contribution in [3.05, 3.63) is 97.1 Å². The van der Waals surface area contributed by atoms with Gasteiger partial charge in [0.1, 0.15) is 0 Å². The van der Waals surface area contributed by atoms with Crippen LogP contribution in [0.15, 0.2) is 86.0 Å². The smallest absolute Gasteiger partial charge is 0.330 e. The van der Waals surface area contributed by atoms with Crippen molar-refractivity contribution >= 4 is 27.4 Å². The highest BCUT2D eigenvalue weighted by Crippen LogP contribution is 2.48. The van der Waals surface area contributed by atoms with Crippen LogP contribution in [0.25, 0.3) is 0 Å². The minimum atomic E-state index is -2.12. The molecule has 2 aromatic carbocycles. The standard InChI is InChI=1S/C31H42O5Si2/c1-7-29(32)34-23-27(21-25-15-11-9-12-16-25)31(19-20-37(3,4)38(5,6)36-31)28(24-35-30(33)8-2)22-26-17-13-10-14-18-26/h7-18,27-28H,1-2,19-24H2,3-6H3. The fraction of sp³-hybridized carbons (Fsp3) is 0.419. The van der Waals surface area contributed by atoms with Gasteiger partial charge in [-0.15, -0.1) is 0 Å². The second-order valence-electron chi connectivity index (χ2n) is 11.4. The summed E-state index contributed by atoms with van der Waals surface area (Å²) in [6, 6.07) is 21.6. The topological polar surface area (TPSA) is 61.8 Å². The van der Waals surface area contributed by atoms with E-state index in [-0.39, 0.29) is 25.0 Å². The quantitative estimate of drug-likeness (QED) is 0.176. The molecule has 0 aromatic heterocycles. The second-order valence-corrected chi connectivity index (χ2v) is 26.6. The third kappa shape index (κ3) is 7.21. The first kappa shape index (κ1) is 29.8. The van der Waals surface area contributed by atoms with Gasteiger partial charge in [-0.2, -0.15) is 0 Å². The normalized spacial score (nSPS) is 21.5. The van der Waals surface area contributed by atoms with E-state index in [1.807, 2.05) is 36.4 Å². The fourth-order valence-electron chi connectivity index (χ4n) is 5.41. The molecular formula is C31H42O5Si2. The highest BCUT2D eigenvalue weighted by molar-refractivity contribution is 7.38. The van der Waals surface area contributed by atoms with E-state index in [1.54, 1.807) is 0 Å². The molecule has 0 radical (unpaired) electrons. The molecule has 1 heterocycles. The molecule has 1 aliphatic heterocycles. The predicted octanol–water partition coefficient (Wildman–Crippen LogP) is 6.31. The number of hydrogen-bond acceptors (Lipinski definition) is 5. The summed E-state index contributed by atoms with van der Waals surface area (Å²) in [5.74, 6) is -1.17. The van der Waals surface area contributed by atoms with Gasteiger partial charge in [-0.3, -0.25) is 0 Å². The zero-order valence-electron chi connectivity index (χ0n) is 23.3. The summed E-state index contributed by atoms with van der Waals surface area (Å²) in [5.41, 5.74) is 1.66. The van der Waals surface area contributed by atoms with Crippen LogP contribution < -0.4 is 0 Å². The molecule has 0 spiro atoms. The minimum absolute atomic E-state index is 0.137. The van der Waals surface area contributed by atoms with Gasteiger partial charge in [0.25, 0.3) is 0 Å². The minimum Gasteiger partial charge on any atom is -0.462 e. The van der Waals surface area contributed by atoms with Gasteiger partial charge in [0.05, 0.1) is 26.4 Å². The van der Waals surface area contributed by atoms with Crippen LogP contribution in [0.5, 0.6) is 0 Å². The summed E-state index contributed by atoms with van der Waals surface area (Å²) in [6.07, 6.45) is 4.60. The van der Waals surface area contributed by atoms with Gasteiger partial charge in [-0.1, -0.05) is 93.0 Å². The number of hydrogen-bond donors (Lipinski definition) is 0. The average molecular weight is 551 g/mol. The Kier molecular flexibility index (Phi) is 10.1. The molecule has 0 amide bonds. The summed E-state index contributed by atoms with van der Waals surface area (Å²) in [7, 11) is -3.74. The van der Waals surface area contributed by atoms with Crippen molar-refractivity contribution in [1.29, 1.82) is 0 Å². The summed E-state index contributed by atoms with van der Waals surface area (Å²) in [4.78, 5) is 24.5. The van der Waals surface area contributed by atoms with Crippen LogP contribution in [0.1, 0.15) is 17.5 Å². The Balaban J connectivity index is 2.13. The van der Waals surface area contributed by atoms with Crippen molar-refractivity contribution in [1.82, 2.24) is 0 Å². The number of carbonyl (C=O) groups excluding carboxylic acids is 2. The van der Waals surface area contributed by atoms with Crippen LogP contribution in [0.2, 0.25) is 32.2 Å². The van der Waals surface area contributed by atoms with E-state index >= 15 is 0 Å². The highest BCUT2D eigenvalue weighted by Gasteiger charge is 2.58. The first-order chi connectivity index (χ1) is 18.0. The monoisotopic (exact) mass is 550 g/mol. The molecule has 1 fully saturated rings. The van der Waals surface area contributed by atoms with Crippen molar-refractivity contribution in [3.63, 3.8) is 0 Å². The van der Waals surface area contributed by atoms with Crippen LogP contribution in [0.3, 0.4) is 0 Å². The van der Waals surface area contributed by atoms with Crippen LogP contribution in [0, 0.1) is 11.8 Å². The van der Waals surface area contributed by atoms with E-state index < -0.39 is 33.0 Å². The molecule has 0 N–H and O–H groups in total. The first-order valence-electron chi connectivity index (χ1n) is 13.4. The summed E-state index contributed by atoms with van der Waals surface area (Å²) < 4.78 is 18.9. The Hall–Kier alpha value is -2.75. The molecule has 2 atom stereocenters. The van der Waals surface area contributed by atoms with Crippen LogP contribution in [0.4, 0.5) is 0 Å². The first-order valence-corrected chi connectivity index (χ1v) is 20.5. The molecule has 38 heavy (non-hydrogen) atoms. The molecule has 0 bridgehead atoms. The Morgan fingerprint density at radius 3 is 1.63 bits per heavy atom. The number of esters is 2. The van der Waals surface area contributed by atoms with E-state index in [0.717, 1.165) is 23.6 Å². The van der Waals surface area contributed by atoms with Gasteiger partial charge in [0.15, 0.2) is 7.83 Å². The summed E-state index contributed by atoms with van der Waals surface area (Å²) in [6.45, 7) is 17.1. The van der Waals surface area contributed by atoms with Crippen LogP contribution in [-0.4, -0.2) is 46.2 Å². The van der Waals surface area contributed by atoms with E-state index in [2.05, 4.69) is 63.6 Å². The van der Waals surface area contributed by atoms with Crippen molar-refractivity contribution in [2.45, 2.75) is 57.1 Å². The third-order valence-electron chi connectivity index (χ3n) is 8.43. The van der Waals surface area contributed by atoms with E-state index in [0.29, 0.717) is 12.8 Å². The molecule has 1 aliphatic rings. The van der Waals surface area contributed by atoms with Gasteiger partial charge < -0.3 is 13.9 Å². The lowest BCUT2D eigenvalue weighted by atomic mass is 9.71. The van der Waals surface area contributed by atoms with Gasteiger partial charge >= 0.3 is 11.9 Å². The van der Waals surface area contributed by atoms with Crippen LogP contribution in [-0.2, 0) is 36.3 Å². The molecule has 2 aromatic rings. The number of rotatable bonds is 12. The molecule has 5 nitrogen and oxygen atoms in total. The third-order valence-corrected chi connectivity index (χ3v) is 24.9. The highest BCUT2D eigenvalue weighted by atomic mass is 29.3. The maximum atomic E-state index is 12.3. The summed E-state index contributed by atoms with van der Waals surface area (Å²) >= 11 is 0. The predicted molar refractivity (Wildman–Crippen MR) is 158 cm³/mol. The van der Waals surface area contributed by atoms with Gasteiger partial charge in [0, 0.05) is 24.0 Å². The Morgan fingerprint density at radius 1 is 0.842 bits per heavy atom. The average Bonchev–Trinajstić information content (AvgIpc) is 2.91. The lowest BCUT2D eigenvalue weighted by Crippen LogP contribution is -2.69. The van der Waals surface area contributed by atoms with Crippen molar-refractivity contribution in [3.8, 4) is 0 Å². The molecule has 0 aliphatic carbocycles. The SMILES string of the molecule is C=CC(=O)OCC(Cc1ccccc1)C1(C(COC(=O)C=C)Cc2ccccc2)CC[Si](C)(C)[Si](C)(C)O1. The number of benzene rings is 2. The molecular weight excluding hydrogens is 509 g/mol. The molecule has 1 saturated heterocycles. The largest absolute Gasteiger partial charge is 0.462 e. The van der Waals surface area contributed by atoms with Gasteiger partial charge in [-0.05, 0) is 43.5 Å². The number of ether oxygens (including phenoxy) is 2. The van der Waals surface area contributed by atoms with E-state index in [9.17, 15) is 9.59 Å². The maximum Gasteiger partial charge on any atom is 0.330 e. The molecule has 0 saturated carbocycles. The molecule has 7 heteroatoms. The Labute approximate surface area is 229 Å². The molecule has 204 valence electrons. The van der Waals surface area contributed by atoms with Crippen LogP contribution >= 0.6 is 0 Å². The Morgan fingerprint density at radius 2 is 1.26 bits per heavy atom. The second kappa shape index (κ2) is 12.9. The van der Waals surface area contributed by atoms with Gasteiger partial charge in [0.2, 0.25) is 0 Å². The lowest BCUT2D eigenvalue weighted by molar-refractivity contribution is -0.150. The van der Waals surface area contributed by atoms with E-state index in [4.69, 9.17) is 13.9 Å². The zero-order valence-corrected chi connectivity index (χ0v) is 25.3. The fourth-order valence-corrected chi connectivity index (χ4v) is 12.3. The summed E-state index contributed by atoms with van der Waals surface area (Å²) in [5, 5.41) is 0. The lowest BCUT2D eigenvalue weighted by Gasteiger charge is -2.57. The van der Waals surface area contributed by atoms with Crippen molar-refractivity contribution in [2.75, 3.05) is 13.2 Å². The van der Waals surface area contributed by atoms with Gasteiger partial charge in [-0.25, -0.2) is 9.59 Å². The molecule has 3 rings (SSSR count). The zero-order chi connectivity index (χ0) is 27.8. The van der Waals surface area contributed by atoms with E-state index in [1.165, 1.54) is 12.2 Å². The number of carbonyl (C=O) groups is 2.